The van der Waals surface area contributed by atoms with E-state index in [1.807, 2.05) is 24.3 Å². The van der Waals surface area contributed by atoms with Gasteiger partial charge in [0.15, 0.2) is 0 Å². The van der Waals surface area contributed by atoms with Crippen LogP contribution in [0, 0.1) is 0 Å². The summed E-state index contributed by atoms with van der Waals surface area (Å²) in [7, 11) is 0. The van der Waals surface area contributed by atoms with Gasteiger partial charge in [0.2, 0.25) is 0 Å². The lowest BCUT2D eigenvalue weighted by Crippen LogP contribution is -2.24. The summed E-state index contributed by atoms with van der Waals surface area (Å²) >= 11 is 0. The molecule has 0 aliphatic rings. The average Bonchev–Trinajstić information content (AvgIpc) is 2.16. The molecule has 1 aromatic rings. The van der Waals surface area contributed by atoms with Crippen molar-refractivity contribution in [3.63, 3.8) is 0 Å². The van der Waals surface area contributed by atoms with Crippen LogP contribution in [0.5, 0.6) is 0 Å². The summed E-state index contributed by atoms with van der Waals surface area (Å²) in [5, 5.41) is 9.70. The van der Waals surface area contributed by atoms with Gasteiger partial charge in [-0.1, -0.05) is 38.1 Å². The van der Waals surface area contributed by atoms with E-state index in [1.165, 1.54) is 5.56 Å². The minimum Gasteiger partial charge on any atom is -0.387 e. The van der Waals surface area contributed by atoms with Gasteiger partial charge in [-0.05, 0) is 24.0 Å². The highest BCUT2D eigenvalue weighted by atomic mass is 16.3. The maximum atomic E-state index is 9.70. The van der Waals surface area contributed by atoms with Crippen molar-refractivity contribution in [1.29, 1.82) is 0 Å². The molecule has 78 valence electrons. The zero-order chi connectivity index (χ0) is 10.7. The Labute approximate surface area is 85.8 Å². The molecule has 0 heterocycles. The quantitative estimate of drug-likeness (QED) is 0.773. The van der Waals surface area contributed by atoms with Crippen LogP contribution in [-0.2, 0) is 0 Å². The first-order valence-electron chi connectivity index (χ1n) is 5.06. The van der Waals surface area contributed by atoms with Crippen LogP contribution in [0.15, 0.2) is 24.3 Å². The second kappa shape index (κ2) is 4.58. The summed E-state index contributed by atoms with van der Waals surface area (Å²) < 4.78 is 0. The highest BCUT2D eigenvalue weighted by molar-refractivity contribution is 5.26. The van der Waals surface area contributed by atoms with Crippen LogP contribution < -0.4 is 5.73 Å². The van der Waals surface area contributed by atoms with Gasteiger partial charge in [-0.3, -0.25) is 0 Å². The second-order valence-electron chi connectivity index (χ2n) is 4.13. The van der Waals surface area contributed by atoms with Crippen LogP contribution in [0.25, 0.3) is 0 Å². The maximum absolute atomic E-state index is 9.70. The van der Waals surface area contributed by atoms with Gasteiger partial charge in [-0.2, -0.15) is 0 Å². The lowest BCUT2D eigenvalue weighted by atomic mass is 9.98. The van der Waals surface area contributed by atoms with E-state index in [1.54, 1.807) is 6.92 Å². The molecule has 0 saturated carbocycles. The summed E-state index contributed by atoms with van der Waals surface area (Å²) in [6, 6.07) is 7.77. The van der Waals surface area contributed by atoms with Crippen LogP contribution in [-0.4, -0.2) is 11.1 Å². The van der Waals surface area contributed by atoms with Gasteiger partial charge in [0.05, 0.1) is 6.10 Å². The summed E-state index contributed by atoms with van der Waals surface area (Å²) in [4.78, 5) is 0. The molecule has 2 atom stereocenters. The van der Waals surface area contributed by atoms with Crippen molar-refractivity contribution in [3.8, 4) is 0 Å². The first-order chi connectivity index (χ1) is 6.52. The molecule has 0 bridgehead atoms. The molecule has 2 nitrogen and oxygen atoms in total. The molecule has 3 N–H and O–H groups in total. The van der Waals surface area contributed by atoms with Crippen LogP contribution in [0.1, 0.15) is 43.9 Å². The normalized spacial score (nSPS) is 15.6. The predicted molar refractivity (Wildman–Crippen MR) is 59.1 cm³/mol. The number of nitrogens with two attached hydrogens (primary N) is 1. The first kappa shape index (κ1) is 11.2. The van der Waals surface area contributed by atoms with Crippen molar-refractivity contribution in [1.82, 2.24) is 0 Å². The van der Waals surface area contributed by atoms with E-state index in [9.17, 15) is 5.11 Å². The summed E-state index contributed by atoms with van der Waals surface area (Å²) in [6.07, 6.45) is -0.559. The molecule has 0 spiro atoms. The molecule has 0 unspecified atom stereocenters. The monoisotopic (exact) mass is 193 g/mol. The van der Waals surface area contributed by atoms with Gasteiger partial charge in [-0.15, -0.1) is 0 Å². The molecule has 1 aromatic carbocycles. The summed E-state index contributed by atoms with van der Waals surface area (Å²) in [5.41, 5.74) is 7.79. The summed E-state index contributed by atoms with van der Waals surface area (Å²) in [6.45, 7) is 6.11. The Bertz CT molecular complexity index is 277. The van der Waals surface area contributed by atoms with E-state index < -0.39 is 6.10 Å². The van der Waals surface area contributed by atoms with Crippen molar-refractivity contribution >= 4 is 0 Å². The number of hydrogen-bond donors (Lipinski definition) is 2. The minimum atomic E-state index is -0.559. The summed E-state index contributed by atoms with van der Waals surface area (Å²) in [5.74, 6) is 0.525. The molecule has 0 aromatic heterocycles. The Morgan fingerprint density at radius 1 is 1.00 bits per heavy atom. The van der Waals surface area contributed by atoms with E-state index in [2.05, 4.69) is 13.8 Å². The fourth-order valence-electron chi connectivity index (χ4n) is 1.38. The molecule has 0 aliphatic carbocycles. The maximum Gasteiger partial charge on any atom is 0.0938 e. The Hall–Kier alpha value is -0.860. The van der Waals surface area contributed by atoms with Crippen LogP contribution in [0.4, 0.5) is 0 Å². The Balaban J connectivity index is 2.83. The van der Waals surface area contributed by atoms with Gasteiger partial charge in [0.1, 0.15) is 0 Å². The van der Waals surface area contributed by atoms with Crippen molar-refractivity contribution < 1.29 is 5.11 Å². The third-order valence-corrected chi connectivity index (χ3v) is 2.44. The largest absolute Gasteiger partial charge is 0.387 e. The predicted octanol–water partition coefficient (Wildman–Crippen LogP) is 2.19. The molecule has 0 aliphatic heterocycles. The van der Waals surface area contributed by atoms with E-state index >= 15 is 0 Å². The fourth-order valence-corrected chi connectivity index (χ4v) is 1.38. The highest BCUT2D eigenvalue weighted by Crippen LogP contribution is 2.19. The molecule has 0 fully saturated rings. The van der Waals surface area contributed by atoms with Crippen LogP contribution in [0.3, 0.4) is 0 Å². The van der Waals surface area contributed by atoms with Crippen molar-refractivity contribution in [2.24, 2.45) is 5.73 Å². The average molecular weight is 193 g/mol. The van der Waals surface area contributed by atoms with Gasteiger partial charge in [-0.25, -0.2) is 0 Å². The van der Waals surface area contributed by atoms with Crippen molar-refractivity contribution in [2.75, 3.05) is 0 Å². The van der Waals surface area contributed by atoms with Gasteiger partial charge >= 0.3 is 0 Å². The highest BCUT2D eigenvalue weighted by Gasteiger charge is 2.11. The lowest BCUT2D eigenvalue weighted by molar-refractivity contribution is 0.153. The van der Waals surface area contributed by atoms with Gasteiger partial charge < -0.3 is 10.8 Å². The topological polar surface area (TPSA) is 46.2 Å². The van der Waals surface area contributed by atoms with E-state index in [0.29, 0.717) is 5.92 Å². The van der Waals surface area contributed by atoms with Crippen LogP contribution >= 0.6 is 0 Å². The first-order valence-corrected chi connectivity index (χ1v) is 5.06. The van der Waals surface area contributed by atoms with Crippen molar-refractivity contribution in [3.05, 3.63) is 35.4 Å². The molecule has 1 rings (SSSR count). The molecule has 0 saturated heterocycles. The third-order valence-electron chi connectivity index (χ3n) is 2.44. The standard InChI is InChI=1S/C12H19NO/c1-8(2)10-4-6-11(7-5-10)12(14)9(3)13/h4-9,12,14H,13H2,1-3H3/t9-,12-/m1/s1. The van der Waals surface area contributed by atoms with Crippen LogP contribution in [0.2, 0.25) is 0 Å². The molecule has 2 heteroatoms. The lowest BCUT2D eigenvalue weighted by Gasteiger charge is -2.15. The van der Waals surface area contributed by atoms with E-state index in [-0.39, 0.29) is 6.04 Å². The Morgan fingerprint density at radius 2 is 1.43 bits per heavy atom. The number of rotatable bonds is 3. The number of aliphatic hydroxyl groups excluding tert-OH is 1. The van der Waals surface area contributed by atoms with E-state index in [4.69, 9.17) is 5.73 Å². The van der Waals surface area contributed by atoms with Gasteiger partial charge in [0.25, 0.3) is 0 Å². The van der Waals surface area contributed by atoms with Crippen molar-refractivity contribution in [2.45, 2.75) is 38.8 Å². The molecule has 14 heavy (non-hydrogen) atoms. The fraction of sp³-hybridized carbons (Fsp3) is 0.500. The molecular weight excluding hydrogens is 174 g/mol. The molecular formula is C12H19NO. The number of hydrogen-bond acceptors (Lipinski definition) is 2. The van der Waals surface area contributed by atoms with Gasteiger partial charge in [0, 0.05) is 6.04 Å². The Morgan fingerprint density at radius 3 is 1.79 bits per heavy atom. The SMILES string of the molecule is CC(C)c1ccc([C@H](O)[C@@H](C)N)cc1. The minimum absolute atomic E-state index is 0.222. The van der Waals surface area contributed by atoms with E-state index in [0.717, 1.165) is 5.56 Å². The second-order valence-corrected chi connectivity index (χ2v) is 4.13. The third kappa shape index (κ3) is 2.56. The number of aliphatic hydroxyl groups is 1. The molecule has 0 radical (unpaired) electrons. The molecule has 0 amide bonds. The smallest absolute Gasteiger partial charge is 0.0938 e. The Kier molecular flexibility index (Phi) is 3.67. The number of benzene rings is 1. The zero-order valence-corrected chi connectivity index (χ0v) is 9.07. The zero-order valence-electron chi connectivity index (χ0n) is 9.07.